The number of hydrogen-bond acceptors (Lipinski definition) is 1. The van der Waals surface area contributed by atoms with E-state index >= 15 is 0 Å². The van der Waals surface area contributed by atoms with Crippen molar-refractivity contribution in [1.82, 2.24) is 0 Å². The molecule has 0 N–H and O–H groups in total. The van der Waals surface area contributed by atoms with Gasteiger partial charge in [0, 0.05) is 10.5 Å². The number of amides is 1. The highest BCUT2D eigenvalue weighted by molar-refractivity contribution is 5.94. The predicted molar refractivity (Wildman–Crippen MR) is 47.2 cm³/mol. The second kappa shape index (κ2) is 5.18. The Hall–Kier alpha value is -1.51. The molecule has 62 valence electrons. The molecule has 0 unspecified atom stereocenters. The Morgan fingerprint density at radius 2 is 1.92 bits per heavy atom. The molecule has 0 saturated carbocycles. The van der Waals surface area contributed by atoms with Crippen LogP contribution < -0.4 is 0 Å². The molecular formula is C7H6ClN3O. The molecule has 0 aliphatic carbocycles. The van der Waals surface area contributed by atoms with Crippen LogP contribution in [-0.4, -0.2) is 5.91 Å². The Bertz CT molecular complexity index is 306. The minimum absolute atomic E-state index is 0. The van der Waals surface area contributed by atoms with Gasteiger partial charge in [0.05, 0.1) is 0 Å². The highest BCUT2D eigenvalue weighted by atomic mass is 35.5. The standard InChI is InChI=1S/C7H5N3O.ClH/c8-10-9-7(11)6-4-2-1-3-5-6;/h1-5H;1H. The summed E-state index contributed by atoms with van der Waals surface area (Å²) in [5.41, 5.74) is 8.34. The van der Waals surface area contributed by atoms with Gasteiger partial charge in [-0.3, -0.25) is 4.79 Å². The summed E-state index contributed by atoms with van der Waals surface area (Å²) in [6.45, 7) is 0. The van der Waals surface area contributed by atoms with E-state index in [4.69, 9.17) is 5.53 Å². The van der Waals surface area contributed by atoms with Gasteiger partial charge in [-0.05, 0) is 10.6 Å². The summed E-state index contributed by atoms with van der Waals surface area (Å²) in [5, 5.41) is 2.94. The molecule has 12 heavy (non-hydrogen) atoms. The van der Waals surface area contributed by atoms with E-state index in [0.717, 1.165) is 0 Å². The summed E-state index contributed by atoms with van der Waals surface area (Å²) in [6, 6.07) is 8.39. The van der Waals surface area contributed by atoms with Gasteiger partial charge in [-0.25, -0.2) is 0 Å². The van der Waals surface area contributed by atoms with Crippen molar-refractivity contribution in [2.45, 2.75) is 0 Å². The van der Waals surface area contributed by atoms with Gasteiger partial charge in [-0.2, -0.15) is 0 Å². The van der Waals surface area contributed by atoms with Crippen LogP contribution in [0, 0.1) is 0 Å². The van der Waals surface area contributed by atoms with Crippen LogP contribution in [0.25, 0.3) is 10.4 Å². The van der Waals surface area contributed by atoms with Gasteiger partial charge in [0.1, 0.15) is 0 Å². The van der Waals surface area contributed by atoms with Crippen LogP contribution in [0.5, 0.6) is 0 Å². The number of rotatable bonds is 1. The first-order chi connectivity index (χ1) is 5.34. The summed E-state index contributed by atoms with van der Waals surface area (Å²) in [4.78, 5) is 13.2. The Balaban J connectivity index is 0.00000121. The molecule has 0 aliphatic heterocycles. The van der Waals surface area contributed by atoms with Crippen molar-refractivity contribution in [3.05, 3.63) is 46.3 Å². The molecule has 0 saturated heterocycles. The second-order valence-electron chi connectivity index (χ2n) is 1.86. The number of carbonyl (C=O) groups is 1. The predicted octanol–water partition coefficient (Wildman–Crippen LogP) is 2.56. The third kappa shape index (κ3) is 2.62. The lowest BCUT2D eigenvalue weighted by Crippen LogP contribution is -1.90. The molecule has 1 aromatic rings. The van der Waals surface area contributed by atoms with Gasteiger partial charge in [-0.15, -0.1) is 12.4 Å². The van der Waals surface area contributed by atoms with Crippen molar-refractivity contribution >= 4 is 18.3 Å². The maximum atomic E-state index is 10.8. The quantitative estimate of drug-likeness (QED) is 0.375. The van der Waals surface area contributed by atoms with Crippen molar-refractivity contribution in [2.24, 2.45) is 5.11 Å². The summed E-state index contributed by atoms with van der Waals surface area (Å²) < 4.78 is 0. The first-order valence-corrected chi connectivity index (χ1v) is 2.99. The van der Waals surface area contributed by atoms with E-state index in [9.17, 15) is 4.79 Å². The first-order valence-electron chi connectivity index (χ1n) is 2.99. The SMILES string of the molecule is Cl.[N-]=[N+]=NC(=O)c1ccccc1. The van der Waals surface area contributed by atoms with E-state index in [0.29, 0.717) is 5.56 Å². The Morgan fingerprint density at radius 1 is 1.33 bits per heavy atom. The average molecular weight is 184 g/mol. The maximum absolute atomic E-state index is 10.8. The highest BCUT2D eigenvalue weighted by Gasteiger charge is 1.98. The summed E-state index contributed by atoms with van der Waals surface area (Å²) in [6.07, 6.45) is 0. The first kappa shape index (κ1) is 10.5. The molecule has 1 rings (SSSR count). The smallest absolute Gasteiger partial charge is 0.249 e. The van der Waals surface area contributed by atoms with Crippen LogP contribution in [0.2, 0.25) is 0 Å². The highest BCUT2D eigenvalue weighted by Crippen LogP contribution is 1.99. The lowest BCUT2D eigenvalue weighted by atomic mass is 10.2. The van der Waals surface area contributed by atoms with Crippen molar-refractivity contribution < 1.29 is 4.79 Å². The number of halogens is 1. The van der Waals surface area contributed by atoms with Crippen molar-refractivity contribution in [2.75, 3.05) is 0 Å². The molecule has 0 atom stereocenters. The molecule has 5 heteroatoms. The van der Waals surface area contributed by atoms with E-state index in [2.05, 4.69) is 10.0 Å². The Kier molecular flexibility index (Phi) is 4.53. The van der Waals surface area contributed by atoms with Gasteiger partial charge >= 0.3 is 0 Å². The minimum Gasteiger partial charge on any atom is -0.287 e. The van der Waals surface area contributed by atoms with Crippen molar-refractivity contribution in [3.63, 3.8) is 0 Å². The third-order valence-corrected chi connectivity index (χ3v) is 1.16. The number of nitrogens with zero attached hydrogens (tertiary/aromatic N) is 3. The van der Waals surface area contributed by atoms with E-state index < -0.39 is 5.91 Å². The number of benzene rings is 1. The van der Waals surface area contributed by atoms with Crippen LogP contribution in [-0.2, 0) is 0 Å². The molecule has 0 aliphatic rings. The molecule has 0 fully saturated rings. The molecule has 4 nitrogen and oxygen atoms in total. The van der Waals surface area contributed by atoms with Gasteiger partial charge < -0.3 is 0 Å². The summed E-state index contributed by atoms with van der Waals surface area (Å²) >= 11 is 0. The fourth-order valence-electron chi connectivity index (χ4n) is 0.679. The van der Waals surface area contributed by atoms with Gasteiger partial charge in [0.15, 0.2) is 0 Å². The Labute approximate surface area is 75.2 Å². The van der Waals surface area contributed by atoms with Crippen LogP contribution in [0.15, 0.2) is 35.4 Å². The van der Waals surface area contributed by atoms with E-state index in [1.54, 1.807) is 30.3 Å². The molecule has 0 radical (unpaired) electrons. The second-order valence-corrected chi connectivity index (χ2v) is 1.86. The van der Waals surface area contributed by atoms with Crippen molar-refractivity contribution in [1.29, 1.82) is 0 Å². The topological polar surface area (TPSA) is 65.8 Å². The zero-order valence-electron chi connectivity index (χ0n) is 6.04. The van der Waals surface area contributed by atoms with Crippen LogP contribution in [0.3, 0.4) is 0 Å². The minimum atomic E-state index is -0.548. The third-order valence-electron chi connectivity index (χ3n) is 1.16. The van der Waals surface area contributed by atoms with Crippen LogP contribution in [0.4, 0.5) is 0 Å². The lowest BCUT2D eigenvalue weighted by Gasteiger charge is -1.89. The zero-order valence-corrected chi connectivity index (χ0v) is 6.86. The molecule has 0 bridgehead atoms. The average Bonchev–Trinajstić information content (AvgIpc) is 2.07. The normalized spacial score (nSPS) is 7.67. The van der Waals surface area contributed by atoms with Gasteiger partial charge in [0.2, 0.25) is 5.91 Å². The lowest BCUT2D eigenvalue weighted by molar-refractivity contribution is 0.100. The van der Waals surface area contributed by atoms with E-state index in [1.807, 2.05) is 0 Å². The van der Waals surface area contributed by atoms with Crippen LogP contribution >= 0.6 is 12.4 Å². The largest absolute Gasteiger partial charge is 0.287 e. The summed E-state index contributed by atoms with van der Waals surface area (Å²) in [7, 11) is 0. The molecule has 1 amide bonds. The van der Waals surface area contributed by atoms with E-state index in [1.165, 1.54) is 0 Å². The monoisotopic (exact) mass is 183 g/mol. The molecule has 0 aromatic heterocycles. The van der Waals surface area contributed by atoms with Crippen molar-refractivity contribution in [3.8, 4) is 0 Å². The molecule has 0 spiro atoms. The number of hydrogen-bond donors (Lipinski definition) is 0. The fraction of sp³-hybridized carbons (Fsp3) is 0. The van der Waals surface area contributed by atoms with Gasteiger partial charge in [0.25, 0.3) is 0 Å². The van der Waals surface area contributed by atoms with Gasteiger partial charge in [-0.1, -0.05) is 30.3 Å². The summed E-state index contributed by atoms with van der Waals surface area (Å²) in [5.74, 6) is -0.548. The maximum Gasteiger partial charge on any atom is 0.249 e. The fourth-order valence-corrected chi connectivity index (χ4v) is 0.679. The number of azide groups is 1. The van der Waals surface area contributed by atoms with E-state index in [-0.39, 0.29) is 12.4 Å². The molecule has 0 heterocycles. The Morgan fingerprint density at radius 3 is 2.42 bits per heavy atom. The number of carbonyl (C=O) groups excluding carboxylic acids is 1. The zero-order chi connectivity index (χ0) is 8.10. The van der Waals surface area contributed by atoms with Crippen LogP contribution in [0.1, 0.15) is 10.4 Å². The molecule has 1 aromatic carbocycles. The molecular weight excluding hydrogens is 178 g/mol.